The molecule has 1 aromatic heterocycles. The lowest BCUT2D eigenvalue weighted by Crippen LogP contribution is -2.45. The van der Waals surface area contributed by atoms with E-state index in [0.29, 0.717) is 18.9 Å². The summed E-state index contributed by atoms with van der Waals surface area (Å²) in [5, 5.41) is 10.3. The molecule has 1 aliphatic heterocycles. The van der Waals surface area contributed by atoms with Crippen molar-refractivity contribution < 1.29 is 9.90 Å². The van der Waals surface area contributed by atoms with E-state index in [1.807, 2.05) is 23.1 Å². The summed E-state index contributed by atoms with van der Waals surface area (Å²) in [6.07, 6.45) is 2.83. The molecule has 0 bridgehead atoms. The fraction of sp³-hybridized carbons (Fsp3) is 0.400. The summed E-state index contributed by atoms with van der Waals surface area (Å²) in [6, 6.07) is 7.47. The number of nitrogens with zero attached hydrogens (tertiary/aromatic N) is 3. The van der Waals surface area contributed by atoms with Crippen molar-refractivity contribution in [2.75, 3.05) is 4.90 Å². The molecule has 2 aliphatic rings. The molecule has 0 radical (unpaired) electrons. The minimum atomic E-state index is -0.798. The van der Waals surface area contributed by atoms with E-state index in [1.165, 1.54) is 17.1 Å². The number of carbonyl (C=O) groups is 1. The quantitative estimate of drug-likeness (QED) is 0.943. The first-order valence-corrected chi connectivity index (χ1v) is 7.89. The van der Waals surface area contributed by atoms with Gasteiger partial charge < -0.3 is 10.0 Å². The highest BCUT2D eigenvalue weighted by Crippen LogP contribution is 2.40. The Morgan fingerprint density at radius 2 is 2.05 bits per heavy atom. The normalized spacial score (nSPS) is 21.1. The van der Waals surface area contributed by atoms with Gasteiger partial charge in [0.15, 0.2) is 0 Å². The standard InChI is InChI=1S/C15H15N3O2S/c19-14(20)12-7-10-3-1-2-4-11(10)8-18(12)15-16-13(17-21-15)9-5-6-9/h1-4,9,12H,5-8H2,(H,19,20). The Kier molecular flexibility index (Phi) is 2.92. The summed E-state index contributed by atoms with van der Waals surface area (Å²) >= 11 is 1.32. The average Bonchev–Trinajstić information content (AvgIpc) is 3.23. The predicted octanol–water partition coefficient (Wildman–Crippen LogP) is 2.43. The van der Waals surface area contributed by atoms with Gasteiger partial charge in [0, 0.05) is 30.4 Å². The van der Waals surface area contributed by atoms with Crippen molar-refractivity contribution in [1.29, 1.82) is 0 Å². The van der Waals surface area contributed by atoms with Gasteiger partial charge in [0.05, 0.1) is 0 Å². The van der Waals surface area contributed by atoms with E-state index in [2.05, 4.69) is 15.4 Å². The van der Waals surface area contributed by atoms with E-state index in [9.17, 15) is 9.90 Å². The van der Waals surface area contributed by atoms with Crippen LogP contribution in [0.1, 0.15) is 35.7 Å². The molecule has 0 spiro atoms. The van der Waals surface area contributed by atoms with Crippen molar-refractivity contribution in [3.05, 3.63) is 41.2 Å². The molecule has 0 amide bonds. The molecule has 1 atom stereocenters. The van der Waals surface area contributed by atoms with Crippen LogP contribution < -0.4 is 4.90 Å². The number of anilines is 1. The highest BCUT2D eigenvalue weighted by atomic mass is 32.1. The molecule has 1 aliphatic carbocycles. The van der Waals surface area contributed by atoms with E-state index in [-0.39, 0.29) is 0 Å². The third-order valence-corrected chi connectivity index (χ3v) is 4.92. The average molecular weight is 301 g/mol. The maximum Gasteiger partial charge on any atom is 0.326 e. The van der Waals surface area contributed by atoms with Crippen LogP contribution in [0.2, 0.25) is 0 Å². The smallest absolute Gasteiger partial charge is 0.326 e. The van der Waals surface area contributed by atoms with Crippen LogP contribution in [0.15, 0.2) is 24.3 Å². The van der Waals surface area contributed by atoms with Gasteiger partial charge in [-0.3, -0.25) is 0 Å². The van der Waals surface area contributed by atoms with Gasteiger partial charge in [0.2, 0.25) is 5.13 Å². The maximum absolute atomic E-state index is 11.6. The Balaban J connectivity index is 1.69. The number of hydrogen-bond donors (Lipinski definition) is 1. The third-order valence-electron chi connectivity index (χ3n) is 4.15. The van der Waals surface area contributed by atoms with Crippen LogP contribution in [-0.4, -0.2) is 26.5 Å². The molecule has 6 heteroatoms. The maximum atomic E-state index is 11.6. The second-order valence-corrected chi connectivity index (χ2v) is 6.39. The number of aromatic nitrogens is 2. The molecular weight excluding hydrogens is 286 g/mol. The van der Waals surface area contributed by atoms with Gasteiger partial charge in [-0.2, -0.15) is 4.37 Å². The second-order valence-electron chi connectivity index (χ2n) is 5.66. The highest BCUT2D eigenvalue weighted by Gasteiger charge is 2.35. The van der Waals surface area contributed by atoms with Crippen molar-refractivity contribution in [2.24, 2.45) is 0 Å². The van der Waals surface area contributed by atoms with Gasteiger partial charge in [0.1, 0.15) is 11.9 Å². The second kappa shape index (κ2) is 4.80. The molecule has 21 heavy (non-hydrogen) atoms. The van der Waals surface area contributed by atoms with Crippen molar-refractivity contribution in [3.63, 3.8) is 0 Å². The molecular formula is C15H15N3O2S. The van der Waals surface area contributed by atoms with Crippen molar-refractivity contribution >= 4 is 22.6 Å². The van der Waals surface area contributed by atoms with Gasteiger partial charge in [-0.15, -0.1) is 0 Å². The van der Waals surface area contributed by atoms with E-state index in [1.54, 1.807) is 0 Å². The van der Waals surface area contributed by atoms with Gasteiger partial charge in [-0.05, 0) is 24.0 Å². The first-order chi connectivity index (χ1) is 10.2. The molecule has 108 valence electrons. The minimum absolute atomic E-state index is 0.496. The van der Waals surface area contributed by atoms with Gasteiger partial charge in [0.25, 0.3) is 0 Å². The van der Waals surface area contributed by atoms with Crippen LogP contribution in [0.5, 0.6) is 0 Å². The topological polar surface area (TPSA) is 66.3 Å². The fourth-order valence-electron chi connectivity index (χ4n) is 2.80. The van der Waals surface area contributed by atoms with Crippen molar-refractivity contribution in [2.45, 2.75) is 37.8 Å². The van der Waals surface area contributed by atoms with Crippen molar-refractivity contribution in [3.8, 4) is 0 Å². The Morgan fingerprint density at radius 1 is 1.29 bits per heavy atom. The Morgan fingerprint density at radius 3 is 2.76 bits per heavy atom. The highest BCUT2D eigenvalue weighted by molar-refractivity contribution is 7.09. The summed E-state index contributed by atoms with van der Waals surface area (Å²) in [5.74, 6) is 0.584. The molecule has 1 N–H and O–H groups in total. The molecule has 1 saturated carbocycles. The van der Waals surface area contributed by atoms with Crippen LogP contribution in [0.3, 0.4) is 0 Å². The lowest BCUT2D eigenvalue weighted by atomic mass is 9.94. The lowest BCUT2D eigenvalue weighted by molar-refractivity contribution is -0.138. The van der Waals surface area contributed by atoms with Crippen LogP contribution in [0.4, 0.5) is 5.13 Å². The molecule has 2 heterocycles. The zero-order chi connectivity index (χ0) is 14.4. The number of hydrogen-bond acceptors (Lipinski definition) is 5. The van der Waals surface area contributed by atoms with E-state index >= 15 is 0 Å². The summed E-state index contributed by atoms with van der Waals surface area (Å²) in [6.45, 7) is 0.590. The minimum Gasteiger partial charge on any atom is -0.480 e. The summed E-state index contributed by atoms with van der Waals surface area (Å²) in [7, 11) is 0. The first kappa shape index (κ1) is 12.8. The summed E-state index contributed by atoms with van der Waals surface area (Å²) in [4.78, 5) is 18.1. The van der Waals surface area contributed by atoms with Gasteiger partial charge in [-0.1, -0.05) is 24.3 Å². The first-order valence-electron chi connectivity index (χ1n) is 7.12. The molecule has 1 fully saturated rings. The zero-order valence-corrected chi connectivity index (χ0v) is 12.2. The van der Waals surface area contributed by atoms with Gasteiger partial charge >= 0.3 is 5.97 Å². The number of carboxylic acids is 1. The number of aliphatic carboxylic acids is 1. The van der Waals surface area contributed by atoms with Crippen LogP contribution >= 0.6 is 11.5 Å². The van der Waals surface area contributed by atoms with Crippen LogP contribution in [0, 0.1) is 0 Å². The van der Waals surface area contributed by atoms with Crippen molar-refractivity contribution in [1.82, 2.24) is 9.36 Å². The molecule has 4 rings (SSSR count). The molecule has 1 unspecified atom stereocenters. The van der Waals surface area contributed by atoms with E-state index in [0.717, 1.165) is 29.4 Å². The summed E-state index contributed by atoms with van der Waals surface area (Å²) < 4.78 is 4.40. The number of carboxylic acid groups (broad SMARTS) is 1. The molecule has 1 aromatic carbocycles. The van der Waals surface area contributed by atoms with Crippen LogP contribution in [0.25, 0.3) is 0 Å². The zero-order valence-electron chi connectivity index (χ0n) is 11.4. The number of benzene rings is 1. The van der Waals surface area contributed by atoms with E-state index < -0.39 is 12.0 Å². The SMILES string of the molecule is O=C(O)C1Cc2ccccc2CN1c1nc(C2CC2)ns1. The molecule has 0 saturated heterocycles. The lowest BCUT2D eigenvalue weighted by Gasteiger charge is -2.33. The summed E-state index contributed by atoms with van der Waals surface area (Å²) in [5.41, 5.74) is 2.30. The Bertz CT molecular complexity index is 696. The Hall–Kier alpha value is -1.95. The van der Waals surface area contributed by atoms with E-state index in [4.69, 9.17) is 0 Å². The van der Waals surface area contributed by atoms with Gasteiger partial charge in [-0.25, -0.2) is 9.78 Å². The monoisotopic (exact) mass is 301 g/mol. The molecule has 5 nitrogen and oxygen atoms in total. The number of fused-ring (bicyclic) bond motifs is 1. The predicted molar refractivity (Wildman–Crippen MR) is 79.6 cm³/mol. The number of rotatable bonds is 3. The largest absolute Gasteiger partial charge is 0.480 e. The molecule has 2 aromatic rings. The third kappa shape index (κ3) is 2.29. The fourth-order valence-corrected chi connectivity index (χ4v) is 3.59. The Labute approximate surface area is 126 Å². The van der Waals surface area contributed by atoms with Crippen LogP contribution in [-0.2, 0) is 17.8 Å².